The number of rotatable bonds is 6. The monoisotopic (exact) mass is 337 g/mol. The fourth-order valence-corrected chi connectivity index (χ4v) is 2.22. The van der Waals surface area contributed by atoms with Gasteiger partial charge in [0.1, 0.15) is 0 Å². The lowest BCUT2D eigenvalue weighted by Gasteiger charge is -2.10. The van der Waals surface area contributed by atoms with Crippen LogP contribution in [-0.2, 0) is 9.53 Å². The zero-order valence-electron chi connectivity index (χ0n) is 12.6. The van der Waals surface area contributed by atoms with Crippen LogP contribution in [-0.4, -0.2) is 46.5 Å². The van der Waals surface area contributed by atoms with Crippen molar-refractivity contribution in [3.05, 3.63) is 46.7 Å². The first kappa shape index (κ1) is 17.0. The highest BCUT2D eigenvalue weighted by atomic mass is 35.5. The van der Waals surface area contributed by atoms with Gasteiger partial charge in [-0.2, -0.15) is 5.10 Å². The van der Waals surface area contributed by atoms with Gasteiger partial charge in [-0.3, -0.25) is 4.79 Å². The number of carbonyl (C=O) groups is 2. The van der Waals surface area contributed by atoms with Gasteiger partial charge in [0.05, 0.1) is 17.3 Å². The summed E-state index contributed by atoms with van der Waals surface area (Å²) in [5, 5.41) is 16.1. The van der Waals surface area contributed by atoms with E-state index in [1.54, 1.807) is 35.9 Å². The van der Waals surface area contributed by atoms with E-state index >= 15 is 0 Å². The van der Waals surface area contributed by atoms with Gasteiger partial charge in [-0.15, -0.1) is 0 Å². The number of aromatic nitrogens is 2. The Hall–Kier alpha value is -2.38. The number of para-hydroxylation sites is 1. The molecule has 1 heterocycles. The molecule has 7 nitrogen and oxygen atoms in total. The van der Waals surface area contributed by atoms with Gasteiger partial charge in [0.2, 0.25) is 0 Å². The second-order valence-corrected chi connectivity index (χ2v) is 5.21. The number of carboxylic acid groups (broad SMARTS) is 1. The summed E-state index contributed by atoms with van der Waals surface area (Å²) in [7, 11) is 1.27. The van der Waals surface area contributed by atoms with Crippen molar-refractivity contribution >= 4 is 23.5 Å². The van der Waals surface area contributed by atoms with Crippen LogP contribution < -0.4 is 5.32 Å². The standard InChI is InChI=1S/C15H16ClN3O4/c1-9-7-11(14(20)17-8-13(23-2)15(21)22)18-19(9)12-6-4-3-5-10(12)16/h3-7,13H,8H2,1-2H3,(H,17,20)(H,21,22). The third-order valence-electron chi connectivity index (χ3n) is 3.21. The van der Waals surface area contributed by atoms with Gasteiger partial charge in [0.25, 0.3) is 5.91 Å². The molecule has 0 aliphatic carbocycles. The Balaban J connectivity index is 2.16. The molecule has 1 atom stereocenters. The minimum Gasteiger partial charge on any atom is -0.479 e. The van der Waals surface area contributed by atoms with Crippen LogP contribution in [0.15, 0.2) is 30.3 Å². The van der Waals surface area contributed by atoms with E-state index < -0.39 is 18.0 Å². The summed E-state index contributed by atoms with van der Waals surface area (Å²) in [4.78, 5) is 23.0. The summed E-state index contributed by atoms with van der Waals surface area (Å²) in [5.74, 6) is -1.63. The molecule has 23 heavy (non-hydrogen) atoms. The number of aryl methyl sites for hydroxylation is 1. The number of methoxy groups -OCH3 is 1. The molecule has 1 unspecified atom stereocenters. The molecular formula is C15H16ClN3O4. The van der Waals surface area contributed by atoms with Crippen molar-refractivity contribution in [2.45, 2.75) is 13.0 Å². The number of nitrogens with one attached hydrogen (secondary N) is 1. The van der Waals surface area contributed by atoms with Crippen molar-refractivity contribution in [2.75, 3.05) is 13.7 Å². The molecule has 0 spiro atoms. The Kier molecular flexibility index (Phi) is 5.36. The molecule has 1 aromatic heterocycles. The van der Waals surface area contributed by atoms with Gasteiger partial charge in [-0.25, -0.2) is 9.48 Å². The third kappa shape index (κ3) is 3.88. The minimum atomic E-state index is -1.15. The summed E-state index contributed by atoms with van der Waals surface area (Å²) in [6.45, 7) is 1.64. The predicted octanol–water partition coefficient (Wildman–Crippen LogP) is 1.66. The Morgan fingerprint density at radius 2 is 2.13 bits per heavy atom. The van der Waals surface area contributed by atoms with Gasteiger partial charge in [0, 0.05) is 12.8 Å². The zero-order valence-corrected chi connectivity index (χ0v) is 13.4. The first-order chi connectivity index (χ1) is 10.9. The van der Waals surface area contributed by atoms with Gasteiger partial charge in [0.15, 0.2) is 11.8 Å². The molecule has 0 saturated heterocycles. The van der Waals surface area contributed by atoms with E-state index in [2.05, 4.69) is 10.4 Å². The highest BCUT2D eigenvalue weighted by molar-refractivity contribution is 6.32. The smallest absolute Gasteiger partial charge is 0.334 e. The maximum atomic E-state index is 12.1. The number of benzene rings is 1. The molecule has 0 aliphatic rings. The van der Waals surface area contributed by atoms with Gasteiger partial charge in [-0.05, 0) is 25.1 Å². The molecule has 0 fully saturated rings. The summed E-state index contributed by atoms with van der Waals surface area (Å²) in [5.41, 5.74) is 1.55. The number of aliphatic carboxylic acids is 1. The number of halogens is 1. The van der Waals surface area contributed by atoms with E-state index in [0.717, 1.165) is 5.69 Å². The number of nitrogens with zero attached hydrogens (tertiary/aromatic N) is 2. The first-order valence-electron chi connectivity index (χ1n) is 6.79. The molecular weight excluding hydrogens is 322 g/mol. The van der Waals surface area contributed by atoms with Crippen molar-refractivity contribution in [1.82, 2.24) is 15.1 Å². The first-order valence-corrected chi connectivity index (χ1v) is 7.17. The lowest BCUT2D eigenvalue weighted by molar-refractivity contribution is -0.148. The summed E-state index contributed by atoms with van der Waals surface area (Å²) in [6.07, 6.45) is -1.11. The summed E-state index contributed by atoms with van der Waals surface area (Å²) < 4.78 is 6.31. The van der Waals surface area contributed by atoms with Crippen molar-refractivity contribution in [2.24, 2.45) is 0 Å². The highest BCUT2D eigenvalue weighted by Gasteiger charge is 2.19. The lowest BCUT2D eigenvalue weighted by atomic mass is 10.3. The molecule has 2 aromatic rings. The second-order valence-electron chi connectivity index (χ2n) is 4.81. The van der Waals surface area contributed by atoms with E-state index in [1.165, 1.54) is 7.11 Å². The maximum absolute atomic E-state index is 12.1. The average molecular weight is 338 g/mol. The Bertz CT molecular complexity index is 729. The molecule has 122 valence electrons. The van der Waals surface area contributed by atoms with Crippen LogP contribution in [0.5, 0.6) is 0 Å². The van der Waals surface area contributed by atoms with Crippen LogP contribution in [0.2, 0.25) is 5.02 Å². The fraction of sp³-hybridized carbons (Fsp3) is 0.267. The topological polar surface area (TPSA) is 93.5 Å². The molecule has 2 N–H and O–H groups in total. The van der Waals surface area contributed by atoms with Crippen LogP contribution in [0.4, 0.5) is 0 Å². The molecule has 2 rings (SSSR count). The molecule has 0 bridgehead atoms. The number of carboxylic acids is 1. The predicted molar refractivity (Wildman–Crippen MR) is 84.1 cm³/mol. The third-order valence-corrected chi connectivity index (χ3v) is 3.53. The van der Waals surface area contributed by atoms with Gasteiger partial charge >= 0.3 is 5.97 Å². The zero-order chi connectivity index (χ0) is 17.0. The van der Waals surface area contributed by atoms with Crippen LogP contribution in [0.25, 0.3) is 5.69 Å². The van der Waals surface area contributed by atoms with Crippen molar-refractivity contribution in [3.8, 4) is 5.69 Å². The fourth-order valence-electron chi connectivity index (χ4n) is 2.00. The summed E-state index contributed by atoms with van der Waals surface area (Å²) >= 11 is 6.13. The Labute approximate surface area is 137 Å². The SMILES string of the molecule is COC(CNC(=O)c1cc(C)n(-c2ccccc2Cl)n1)C(=O)O. The maximum Gasteiger partial charge on any atom is 0.334 e. The Morgan fingerprint density at radius 1 is 1.43 bits per heavy atom. The van der Waals surface area contributed by atoms with Crippen LogP contribution in [0.1, 0.15) is 16.2 Å². The largest absolute Gasteiger partial charge is 0.479 e. The highest BCUT2D eigenvalue weighted by Crippen LogP contribution is 2.21. The minimum absolute atomic E-state index is 0.150. The van der Waals surface area contributed by atoms with Crippen LogP contribution in [0, 0.1) is 6.92 Å². The van der Waals surface area contributed by atoms with E-state index in [-0.39, 0.29) is 12.2 Å². The molecule has 0 aliphatic heterocycles. The average Bonchev–Trinajstić information content (AvgIpc) is 2.89. The number of hydrogen-bond donors (Lipinski definition) is 2. The van der Waals surface area contributed by atoms with Crippen molar-refractivity contribution < 1.29 is 19.4 Å². The molecule has 1 amide bonds. The van der Waals surface area contributed by atoms with Crippen molar-refractivity contribution in [1.29, 1.82) is 0 Å². The molecule has 8 heteroatoms. The van der Waals surface area contributed by atoms with Crippen molar-refractivity contribution in [3.63, 3.8) is 0 Å². The lowest BCUT2D eigenvalue weighted by Crippen LogP contribution is -2.38. The van der Waals surface area contributed by atoms with E-state index in [9.17, 15) is 9.59 Å². The Morgan fingerprint density at radius 3 is 2.74 bits per heavy atom. The number of ether oxygens (including phenoxy) is 1. The van der Waals surface area contributed by atoms with Crippen LogP contribution >= 0.6 is 11.6 Å². The van der Waals surface area contributed by atoms with E-state index in [4.69, 9.17) is 21.4 Å². The number of carbonyl (C=O) groups excluding carboxylic acids is 1. The molecule has 0 radical (unpaired) electrons. The van der Waals surface area contributed by atoms with E-state index in [0.29, 0.717) is 10.7 Å². The molecule has 0 saturated carbocycles. The summed E-state index contributed by atoms with van der Waals surface area (Å²) in [6, 6.07) is 8.73. The van der Waals surface area contributed by atoms with Gasteiger partial charge < -0.3 is 15.2 Å². The number of amides is 1. The normalized spacial score (nSPS) is 12.0. The number of hydrogen-bond acceptors (Lipinski definition) is 4. The van der Waals surface area contributed by atoms with Gasteiger partial charge in [-0.1, -0.05) is 23.7 Å². The van der Waals surface area contributed by atoms with E-state index in [1.807, 2.05) is 6.07 Å². The second kappa shape index (κ2) is 7.26. The quantitative estimate of drug-likeness (QED) is 0.836. The van der Waals surface area contributed by atoms with Crippen LogP contribution in [0.3, 0.4) is 0 Å². The molecule has 1 aromatic carbocycles.